The standard InChI is InChI=1S/C23H25N3O3/c1-23(2)15-25(13-12-24-23)14-19-20(22(28)29)17-10-6-7-11-18(17)21(27)26(19)16-8-4-3-5-9-16/h3-11,24H,12-15H2,1-2H3,(H,28,29). The zero-order valence-electron chi connectivity index (χ0n) is 16.7. The predicted molar refractivity (Wildman–Crippen MR) is 114 cm³/mol. The molecular formula is C23H25N3O3. The molecule has 0 unspecified atom stereocenters. The Balaban J connectivity index is 1.98. The molecule has 1 aromatic heterocycles. The molecule has 0 atom stereocenters. The Morgan fingerprint density at radius 1 is 1.07 bits per heavy atom. The van der Waals surface area contributed by atoms with E-state index >= 15 is 0 Å². The summed E-state index contributed by atoms with van der Waals surface area (Å²) in [6.45, 7) is 7.02. The smallest absolute Gasteiger partial charge is 0.338 e. The number of carboxylic acids is 1. The van der Waals surface area contributed by atoms with E-state index in [0.717, 1.165) is 19.6 Å². The van der Waals surface area contributed by atoms with Gasteiger partial charge in [-0.25, -0.2) is 4.79 Å². The van der Waals surface area contributed by atoms with Gasteiger partial charge in [-0.1, -0.05) is 36.4 Å². The minimum Gasteiger partial charge on any atom is -0.478 e. The van der Waals surface area contributed by atoms with E-state index in [9.17, 15) is 14.7 Å². The molecule has 1 saturated heterocycles. The number of aromatic nitrogens is 1. The average Bonchev–Trinajstić information content (AvgIpc) is 2.68. The van der Waals surface area contributed by atoms with Gasteiger partial charge in [0.25, 0.3) is 5.56 Å². The maximum Gasteiger partial charge on any atom is 0.338 e. The van der Waals surface area contributed by atoms with Crippen molar-refractivity contribution in [2.75, 3.05) is 19.6 Å². The number of piperazine rings is 1. The van der Waals surface area contributed by atoms with Crippen molar-refractivity contribution in [1.29, 1.82) is 0 Å². The Kier molecular flexibility index (Phi) is 4.98. The lowest BCUT2D eigenvalue weighted by Crippen LogP contribution is -2.56. The van der Waals surface area contributed by atoms with Crippen LogP contribution in [0, 0.1) is 0 Å². The molecule has 0 spiro atoms. The van der Waals surface area contributed by atoms with Crippen LogP contribution in [0.2, 0.25) is 0 Å². The van der Waals surface area contributed by atoms with Gasteiger partial charge < -0.3 is 10.4 Å². The van der Waals surface area contributed by atoms with Gasteiger partial charge in [-0.3, -0.25) is 14.3 Å². The summed E-state index contributed by atoms with van der Waals surface area (Å²) < 4.78 is 1.57. The monoisotopic (exact) mass is 391 g/mol. The first-order chi connectivity index (χ1) is 13.9. The van der Waals surface area contributed by atoms with E-state index in [4.69, 9.17) is 0 Å². The Morgan fingerprint density at radius 3 is 2.38 bits per heavy atom. The zero-order chi connectivity index (χ0) is 20.6. The maximum absolute atomic E-state index is 13.4. The van der Waals surface area contributed by atoms with E-state index in [1.165, 1.54) is 0 Å². The molecule has 0 saturated carbocycles. The lowest BCUT2D eigenvalue weighted by atomic mass is 9.99. The van der Waals surface area contributed by atoms with Crippen LogP contribution in [0.5, 0.6) is 0 Å². The first-order valence-electron chi connectivity index (χ1n) is 9.80. The lowest BCUT2D eigenvalue weighted by Gasteiger charge is -2.39. The van der Waals surface area contributed by atoms with Crippen molar-refractivity contribution >= 4 is 16.7 Å². The van der Waals surface area contributed by atoms with Crippen molar-refractivity contribution in [2.45, 2.75) is 25.9 Å². The molecule has 1 aliphatic rings. The van der Waals surface area contributed by atoms with Gasteiger partial charge >= 0.3 is 5.97 Å². The summed E-state index contributed by atoms with van der Waals surface area (Å²) in [6, 6.07) is 16.2. The van der Waals surface area contributed by atoms with Crippen LogP contribution in [0.15, 0.2) is 59.4 Å². The van der Waals surface area contributed by atoms with Gasteiger partial charge in [0.1, 0.15) is 0 Å². The van der Waals surface area contributed by atoms with Crippen LogP contribution in [0.4, 0.5) is 0 Å². The summed E-state index contributed by atoms with van der Waals surface area (Å²) in [5.41, 5.74) is 1.12. The fourth-order valence-corrected chi connectivity index (χ4v) is 4.23. The lowest BCUT2D eigenvalue weighted by molar-refractivity contribution is 0.0694. The number of rotatable bonds is 4. The fourth-order valence-electron chi connectivity index (χ4n) is 4.23. The molecule has 2 heterocycles. The van der Waals surface area contributed by atoms with Gasteiger partial charge in [-0.2, -0.15) is 0 Å². The Morgan fingerprint density at radius 2 is 1.72 bits per heavy atom. The number of hydrogen-bond acceptors (Lipinski definition) is 4. The van der Waals surface area contributed by atoms with Crippen LogP contribution >= 0.6 is 0 Å². The third-order valence-corrected chi connectivity index (χ3v) is 5.44. The van der Waals surface area contributed by atoms with Gasteiger partial charge in [0.05, 0.1) is 11.3 Å². The molecule has 6 heteroatoms. The van der Waals surface area contributed by atoms with E-state index < -0.39 is 5.97 Å². The number of aromatic carboxylic acids is 1. The van der Waals surface area contributed by atoms with Crippen molar-refractivity contribution < 1.29 is 9.90 Å². The van der Waals surface area contributed by atoms with Gasteiger partial charge in [0.2, 0.25) is 0 Å². The molecule has 4 rings (SSSR count). The highest BCUT2D eigenvalue weighted by molar-refractivity contribution is 6.04. The summed E-state index contributed by atoms with van der Waals surface area (Å²) in [5.74, 6) is -1.02. The van der Waals surface area contributed by atoms with E-state index in [1.807, 2.05) is 30.3 Å². The molecule has 0 radical (unpaired) electrons. The SMILES string of the molecule is CC1(C)CN(Cc2c(C(=O)O)c3ccccc3c(=O)n2-c2ccccc2)CCN1. The van der Waals surface area contributed by atoms with E-state index in [1.54, 1.807) is 28.8 Å². The Labute approximate surface area is 169 Å². The van der Waals surface area contributed by atoms with Crippen molar-refractivity contribution in [3.05, 3.63) is 76.2 Å². The Hall–Kier alpha value is -2.96. The molecule has 2 aromatic carbocycles. The maximum atomic E-state index is 13.4. The highest BCUT2D eigenvalue weighted by Gasteiger charge is 2.29. The minimum atomic E-state index is -1.02. The number of nitrogens with one attached hydrogen (secondary N) is 1. The number of carbonyl (C=O) groups is 1. The van der Waals surface area contributed by atoms with Crippen LogP contribution in [0.25, 0.3) is 16.5 Å². The first-order valence-corrected chi connectivity index (χ1v) is 9.80. The fraction of sp³-hybridized carbons (Fsp3) is 0.304. The van der Waals surface area contributed by atoms with Gasteiger partial charge in [0.15, 0.2) is 0 Å². The van der Waals surface area contributed by atoms with Crippen LogP contribution in [-0.2, 0) is 6.54 Å². The van der Waals surface area contributed by atoms with Crippen molar-refractivity contribution in [3.63, 3.8) is 0 Å². The molecule has 0 aliphatic carbocycles. The quantitative estimate of drug-likeness (QED) is 0.715. The van der Waals surface area contributed by atoms with Crippen molar-refractivity contribution in [1.82, 2.24) is 14.8 Å². The highest BCUT2D eigenvalue weighted by atomic mass is 16.4. The van der Waals surface area contributed by atoms with Gasteiger partial charge in [-0.15, -0.1) is 0 Å². The second-order valence-corrected chi connectivity index (χ2v) is 8.17. The second kappa shape index (κ2) is 7.46. The predicted octanol–water partition coefficient (Wildman–Crippen LogP) is 2.87. The molecule has 1 aliphatic heterocycles. The third-order valence-electron chi connectivity index (χ3n) is 5.44. The van der Waals surface area contributed by atoms with E-state index in [-0.39, 0.29) is 16.7 Å². The normalized spacial score (nSPS) is 16.8. The summed E-state index contributed by atoms with van der Waals surface area (Å²) in [4.78, 5) is 28.0. The van der Waals surface area contributed by atoms with Gasteiger partial charge in [0, 0.05) is 48.2 Å². The highest BCUT2D eigenvalue weighted by Crippen LogP contribution is 2.25. The molecule has 0 bridgehead atoms. The molecule has 1 fully saturated rings. The molecule has 6 nitrogen and oxygen atoms in total. The molecule has 3 aromatic rings. The number of para-hydroxylation sites is 1. The van der Waals surface area contributed by atoms with Crippen LogP contribution in [0.3, 0.4) is 0 Å². The molecule has 0 amide bonds. The second-order valence-electron chi connectivity index (χ2n) is 8.17. The van der Waals surface area contributed by atoms with E-state index in [0.29, 0.717) is 28.7 Å². The molecular weight excluding hydrogens is 366 g/mol. The largest absolute Gasteiger partial charge is 0.478 e. The number of carboxylic acid groups (broad SMARTS) is 1. The molecule has 150 valence electrons. The number of fused-ring (bicyclic) bond motifs is 1. The number of pyridine rings is 1. The summed E-state index contributed by atoms with van der Waals surface area (Å²) in [7, 11) is 0. The summed E-state index contributed by atoms with van der Waals surface area (Å²) >= 11 is 0. The van der Waals surface area contributed by atoms with E-state index in [2.05, 4.69) is 24.1 Å². The number of benzene rings is 2. The topological polar surface area (TPSA) is 74.6 Å². The first kappa shape index (κ1) is 19.4. The van der Waals surface area contributed by atoms with Crippen molar-refractivity contribution in [2.24, 2.45) is 0 Å². The zero-order valence-corrected chi connectivity index (χ0v) is 16.7. The van der Waals surface area contributed by atoms with Crippen molar-refractivity contribution in [3.8, 4) is 5.69 Å². The van der Waals surface area contributed by atoms with Crippen LogP contribution < -0.4 is 10.9 Å². The summed E-state index contributed by atoms with van der Waals surface area (Å²) in [5, 5.41) is 14.5. The summed E-state index contributed by atoms with van der Waals surface area (Å²) in [6.07, 6.45) is 0. The average molecular weight is 391 g/mol. The van der Waals surface area contributed by atoms with Crippen LogP contribution in [-0.4, -0.2) is 45.7 Å². The van der Waals surface area contributed by atoms with Gasteiger partial charge in [-0.05, 0) is 32.0 Å². The molecule has 2 N–H and O–H groups in total. The minimum absolute atomic E-state index is 0.0731. The van der Waals surface area contributed by atoms with Crippen LogP contribution in [0.1, 0.15) is 29.9 Å². The Bertz CT molecular complexity index is 1120. The molecule has 29 heavy (non-hydrogen) atoms. The number of nitrogens with zero attached hydrogens (tertiary/aromatic N) is 2. The third kappa shape index (κ3) is 3.69. The number of hydrogen-bond donors (Lipinski definition) is 2.